The molecule has 27 nitrogen and oxygen atoms in total. The summed E-state index contributed by atoms with van der Waals surface area (Å²) in [5.41, 5.74) is -4.61. The van der Waals surface area contributed by atoms with E-state index < -0.39 is 157 Å². The fourth-order valence-electron chi connectivity index (χ4n) is 8.31. The molecule has 6 amide bonds. The number of hydrogen-bond donors (Lipinski definition) is 12. The van der Waals surface area contributed by atoms with Gasteiger partial charge in [0.25, 0.3) is 0 Å². The van der Waals surface area contributed by atoms with Gasteiger partial charge in [-0.05, 0) is 143 Å². The van der Waals surface area contributed by atoms with Crippen LogP contribution in [0.4, 0.5) is 24.0 Å². The molecule has 0 aromatic rings. The molecule has 3 rings (SSSR count). The number of aliphatic hydroxyl groups is 5. The maximum Gasteiger partial charge on any atom is 0.408 e. The van der Waals surface area contributed by atoms with E-state index in [2.05, 4.69) is 37.2 Å². The monoisotopic (exact) mass is 1110 g/mol. The second kappa shape index (κ2) is 28.5. The van der Waals surface area contributed by atoms with Crippen molar-refractivity contribution in [1.29, 1.82) is 0 Å². The van der Waals surface area contributed by atoms with Gasteiger partial charge in [-0.15, -0.1) is 0 Å². The summed E-state index contributed by atoms with van der Waals surface area (Å²) in [5, 5.41) is 74.3. The first-order valence-corrected chi connectivity index (χ1v) is 26.2. The van der Waals surface area contributed by atoms with Crippen molar-refractivity contribution in [2.24, 2.45) is 0 Å². The molecule has 0 aromatic carbocycles. The van der Waals surface area contributed by atoms with Crippen molar-refractivity contribution in [2.75, 3.05) is 32.8 Å². The fraction of sp³-hybridized carbons (Fsp3) is 0.880. The molecule has 0 radical (unpaired) electrons. The van der Waals surface area contributed by atoms with E-state index in [1.165, 1.54) is 0 Å². The summed E-state index contributed by atoms with van der Waals surface area (Å²) in [4.78, 5) is 79.7. The molecule has 0 aromatic heterocycles. The third kappa shape index (κ3) is 24.1. The Kier molecular flexibility index (Phi) is 24.7. The van der Waals surface area contributed by atoms with Crippen LogP contribution in [0, 0.1) is 0 Å². The van der Waals surface area contributed by atoms with E-state index in [0.717, 1.165) is 0 Å². The molecule has 3 fully saturated rings. The van der Waals surface area contributed by atoms with Crippen LogP contribution in [0.25, 0.3) is 0 Å². The van der Waals surface area contributed by atoms with E-state index in [0.29, 0.717) is 0 Å². The molecule has 0 bridgehead atoms. The molecule has 2 saturated heterocycles. The highest BCUT2D eigenvalue weighted by Crippen LogP contribution is 2.34. The van der Waals surface area contributed by atoms with E-state index in [1.807, 2.05) is 0 Å². The molecule has 1 aliphatic carbocycles. The zero-order valence-corrected chi connectivity index (χ0v) is 47.5. The van der Waals surface area contributed by atoms with Gasteiger partial charge in [-0.1, -0.05) is 0 Å². The second-order valence-corrected chi connectivity index (χ2v) is 24.3. The molecule has 3 aliphatic rings. The minimum absolute atomic E-state index is 0.00208. The van der Waals surface area contributed by atoms with Crippen molar-refractivity contribution in [3.8, 4) is 0 Å². The Labute approximate surface area is 451 Å². The van der Waals surface area contributed by atoms with Crippen LogP contribution in [0.1, 0.15) is 136 Å². The highest BCUT2D eigenvalue weighted by Gasteiger charge is 2.54. The molecule has 1 saturated carbocycles. The first-order chi connectivity index (χ1) is 35.4. The molecule has 77 heavy (non-hydrogen) atoms. The highest BCUT2D eigenvalue weighted by atomic mass is 16.7. The first-order valence-electron chi connectivity index (χ1n) is 26.2. The summed E-state index contributed by atoms with van der Waals surface area (Å²) in [6.45, 7) is 23.4. The van der Waals surface area contributed by atoms with Crippen molar-refractivity contribution < 1.29 is 96.9 Å². The molecular weight excluding hydrogens is 1020 g/mol. The van der Waals surface area contributed by atoms with Gasteiger partial charge in [0.2, 0.25) is 5.91 Å². The number of amides is 6. The summed E-state index contributed by atoms with van der Waals surface area (Å²) < 4.78 is 53.5. The standard InChI is InChI=1S/C50H91N7O20/c1-46(2,3)73-41(64)52-21-19-30(60)38(63)54-28-23-29(56-44(67)76-49(10,11)12)37(71-39-27(55-43(66)75-48(7,8)9)18-17-26(69-39)24-53-42(65)74-47(4,5)6)33(51-20-16-22-58)36(28)72-40-35(62)32(34(61)31(25-59)70-40)57-45(68)77-50(13,14)15/h26-37,39-40,51,58-62H,16-25H2,1-15H3,(H,52,64)(H,53,65)(H,54,63)(H,55,66)(H,56,67)(H,57,68)/t26?,27?,28-,29+,30+,31?,32+,33?,34+,35?,36-,37?,39+,40+/m1/s1. The van der Waals surface area contributed by atoms with Gasteiger partial charge in [-0.2, -0.15) is 0 Å². The van der Waals surface area contributed by atoms with Gasteiger partial charge < -0.3 is 105 Å². The van der Waals surface area contributed by atoms with Gasteiger partial charge in [-0.3, -0.25) is 4.79 Å². The predicted molar refractivity (Wildman–Crippen MR) is 274 cm³/mol. The van der Waals surface area contributed by atoms with Gasteiger partial charge in [-0.25, -0.2) is 24.0 Å². The average Bonchev–Trinajstić information content (AvgIpc) is 3.24. The van der Waals surface area contributed by atoms with Gasteiger partial charge in [0.1, 0.15) is 52.4 Å². The Morgan fingerprint density at radius 2 is 1.01 bits per heavy atom. The van der Waals surface area contributed by atoms with E-state index in [-0.39, 0.29) is 58.3 Å². The zero-order chi connectivity index (χ0) is 58.4. The summed E-state index contributed by atoms with van der Waals surface area (Å²) in [7, 11) is 0. The second-order valence-electron chi connectivity index (χ2n) is 24.3. The topological polar surface area (TPSA) is 371 Å². The minimum Gasteiger partial charge on any atom is -0.444 e. The lowest BCUT2D eigenvalue weighted by atomic mass is 9.81. The number of carbonyl (C=O) groups is 6. The largest absolute Gasteiger partial charge is 0.444 e. The van der Waals surface area contributed by atoms with Crippen LogP contribution in [-0.4, -0.2) is 208 Å². The lowest BCUT2D eigenvalue weighted by Gasteiger charge is -2.51. The number of nitrogens with one attached hydrogen (secondary N) is 7. The number of hydrogen-bond acceptors (Lipinski definition) is 21. The predicted octanol–water partition coefficient (Wildman–Crippen LogP) is 1.41. The quantitative estimate of drug-likeness (QED) is 0.0642. The lowest BCUT2D eigenvalue weighted by Crippen LogP contribution is -2.73. The minimum atomic E-state index is -1.92. The Bertz CT molecular complexity index is 1920. The molecule has 12 N–H and O–H groups in total. The summed E-state index contributed by atoms with van der Waals surface area (Å²) in [6, 6.07) is -6.34. The number of alkyl carbamates (subject to hydrolysis) is 5. The van der Waals surface area contributed by atoms with Crippen LogP contribution < -0.4 is 37.2 Å². The van der Waals surface area contributed by atoms with Crippen molar-refractivity contribution in [2.45, 2.75) is 249 Å². The molecule has 446 valence electrons. The normalized spacial score (nSPS) is 28.6. The van der Waals surface area contributed by atoms with Gasteiger partial charge in [0.05, 0.1) is 55.1 Å². The number of ether oxygens (including phenoxy) is 9. The number of aliphatic hydroxyl groups excluding tert-OH is 5. The molecular formula is C50H91N7O20. The third-order valence-corrected chi connectivity index (χ3v) is 11.3. The Morgan fingerprint density at radius 3 is 1.52 bits per heavy atom. The van der Waals surface area contributed by atoms with Gasteiger partial charge in [0, 0.05) is 19.7 Å². The first kappa shape index (κ1) is 66.7. The summed E-state index contributed by atoms with van der Waals surface area (Å²) in [5.74, 6) is -0.977. The Balaban J connectivity index is 2.24. The maximum atomic E-state index is 14.1. The summed E-state index contributed by atoms with van der Waals surface area (Å²) in [6.07, 6.45) is -18.1. The fourth-order valence-corrected chi connectivity index (χ4v) is 8.31. The van der Waals surface area contributed by atoms with Crippen molar-refractivity contribution in [3.05, 3.63) is 0 Å². The van der Waals surface area contributed by atoms with Crippen molar-refractivity contribution in [1.82, 2.24) is 37.2 Å². The maximum absolute atomic E-state index is 14.1. The molecule has 14 atom stereocenters. The average molecular weight is 1110 g/mol. The van der Waals surface area contributed by atoms with Crippen LogP contribution in [-0.2, 0) is 47.4 Å². The summed E-state index contributed by atoms with van der Waals surface area (Å²) >= 11 is 0. The molecule has 27 heteroatoms. The van der Waals surface area contributed by atoms with Crippen LogP contribution in [0.15, 0.2) is 0 Å². The third-order valence-electron chi connectivity index (χ3n) is 11.3. The lowest BCUT2D eigenvalue weighted by molar-refractivity contribution is -0.306. The molecule has 2 heterocycles. The van der Waals surface area contributed by atoms with Crippen LogP contribution >= 0.6 is 0 Å². The van der Waals surface area contributed by atoms with Crippen molar-refractivity contribution >= 4 is 36.4 Å². The smallest absolute Gasteiger partial charge is 0.408 e. The Morgan fingerprint density at radius 1 is 0.545 bits per heavy atom. The van der Waals surface area contributed by atoms with E-state index in [9.17, 15) is 54.3 Å². The van der Waals surface area contributed by atoms with Crippen LogP contribution in [0.2, 0.25) is 0 Å². The van der Waals surface area contributed by atoms with Crippen LogP contribution in [0.5, 0.6) is 0 Å². The van der Waals surface area contributed by atoms with E-state index >= 15 is 0 Å². The number of rotatable bonds is 19. The van der Waals surface area contributed by atoms with Gasteiger partial charge in [0.15, 0.2) is 12.6 Å². The zero-order valence-electron chi connectivity index (χ0n) is 47.5. The van der Waals surface area contributed by atoms with Crippen molar-refractivity contribution in [3.63, 3.8) is 0 Å². The van der Waals surface area contributed by atoms with Gasteiger partial charge >= 0.3 is 30.5 Å². The van der Waals surface area contributed by atoms with E-state index in [4.69, 9.17) is 42.6 Å². The highest BCUT2D eigenvalue weighted by molar-refractivity contribution is 5.81. The Hall–Kier alpha value is -4.58. The molecule has 2 aliphatic heterocycles. The SMILES string of the molecule is CC(C)(C)OC(=O)NCC[C@H](O)C(=O)N[C@@H]1C[C@H](NC(=O)OC(C)(C)C)C(O[C@@H]2OC(CNC(=O)OC(C)(C)C)CCC2NC(=O)OC(C)(C)C)C(NCCCO)[C@@H]1O[C@@H]1OC(CO)[C@H](O)[C@H](NC(=O)OC(C)(C)C)C1O. The molecule has 6 unspecified atom stereocenters. The number of carbonyl (C=O) groups excluding carboxylic acids is 6. The van der Waals surface area contributed by atoms with Crippen LogP contribution in [0.3, 0.4) is 0 Å². The van der Waals surface area contributed by atoms with E-state index in [1.54, 1.807) is 104 Å². The molecule has 0 spiro atoms.